The second kappa shape index (κ2) is 7.19. The number of hydrogen-bond donors (Lipinski definition) is 0. The molecule has 4 heteroatoms. The number of benzene rings is 2. The molecule has 0 fully saturated rings. The average molecular weight is 370 g/mol. The molecule has 0 bridgehead atoms. The van der Waals surface area contributed by atoms with E-state index in [0.29, 0.717) is 16.5 Å². The molecule has 0 aliphatic carbocycles. The van der Waals surface area contributed by atoms with E-state index in [0.717, 1.165) is 17.5 Å². The van der Waals surface area contributed by atoms with E-state index in [-0.39, 0.29) is 4.83 Å². The van der Waals surface area contributed by atoms with Crippen molar-refractivity contribution < 1.29 is 9.47 Å². The zero-order valence-corrected chi connectivity index (χ0v) is 14.7. The number of aryl methyl sites for hydroxylation is 1. The van der Waals surface area contributed by atoms with Crippen LogP contribution < -0.4 is 9.47 Å². The van der Waals surface area contributed by atoms with E-state index >= 15 is 0 Å². The molecule has 0 spiro atoms. The summed E-state index contributed by atoms with van der Waals surface area (Å²) in [4.78, 5) is 0.00992. The monoisotopic (exact) mass is 368 g/mol. The van der Waals surface area contributed by atoms with Crippen molar-refractivity contribution in [2.24, 2.45) is 0 Å². The highest BCUT2D eigenvalue weighted by Gasteiger charge is 2.17. The van der Waals surface area contributed by atoms with Gasteiger partial charge in [0.05, 0.1) is 19.0 Å². The van der Waals surface area contributed by atoms with Crippen molar-refractivity contribution in [2.75, 3.05) is 14.2 Å². The maximum Gasteiger partial charge on any atom is 0.162 e. The van der Waals surface area contributed by atoms with Gasteiger partial charge in [-0.25, -0.2) is 0 Å². The Balaban J connectivity index is 2.39. The predicted octanol–water partition coefficient (Wildman–Crippen LogP) is 5.40. The van der Waals surface area contributed by atoms with Gasteiger partial charge in [0.2, 0.25) is 0 Å². The zero-order valence-electron chi connectivity index (χ0n) is 12.3. The highest BCUT2D eigenvalue weighted by Crippen LogP contribution is 2.41. The summed E-state index contributed by atoms with van der Waals surface area (Å²) in [6.07, 6.45) is 1.03. The van der Waals surface area contributed by atoms with Gasteiger partial charge in [-0.05, 0) is 29.2 Å². The quantitative estimate of drug-likeness (QED) is 0.657. The van der Waals surface area contributed by atoms with Gasteiger partial charge in [-0.15, -0.1) is 0 Å². The number of hydrogen-bond acceptors (Lipinski definition) is 2. The topological polar surface area (TPSA) is 18.5 Å². The maximum atomic E-state index is 6.37. The first-order chi connectivity index (χ1) is 10.1. The molecule has 112 valence electrons. The molecule has 0 radical (unpaired) electrons. The van der Waals surface area contributed by atoms with Crippen molar-refractivity contribution in [3.63, 3.8) is 0 Å². The molecule has 0 heterocycles. The Labute approximate surface area is 139 Å². The van der Waals surface area contributed by atoms with E-state index in [9.17, 15) is 0 Å². The van der Waals surface area contributed by atoms with Gasteiger partial charge in [-0.2, -0.15) is 0 Å². The third-order valence-electron chi connectivity index (χ3n) is 3.46. The van der Waals surface area contributed by atoms with E-state index in [2.05, 4.69) is 47.1 Å². The Kier molecular flexibility index (Phi) is 5.54. The first kappa shape index (κ1) is 16.2. The first-order valence-electron chi connectivity index (χ1n) is 6.75. The lowest BCUT2D eigenvalue weighted by Gasteiger charge is -2.16. The van der Waals surface area contributed by atoms with E-state index in [1.807, 2.05) is 6.07 Å². The minimum atomic E-state index is 0.00992. The summed E-state index contributed by atoms with van der Waals surface area (Å²) in [5, 5.41) is 0.647. The summed E-state index contributed by atoms with van der Waals surface area (Å²) in [6, 6.07) is 12.2. The van der Waals surface area contributed by atoms with Crippen LogP contribution in [0.3, 0.4) is 0 Å². The van der Waals surface area contributed by atoms with Gasteiger partial charge in [0.1, 0.15) is 0 Å². The SMILES string of the molecule is CCc1ccc(C(Br)c2cc(OC)c(OC)cc2Cl)cc1. The Morgan fingerprint density at radius 2 is 1.62 bits per heavy atom. The van der Waals surface area contributed by atoms with E-state index < -0.39 is 0 Å². The van der Waals surface area contributed by atoms with Crippen molar-refractivity contribution in [1.29, 1.82) is 0 Å². The van der Waals surface area contributed by atoms with Gasteiger partial charge in [-0.1, -0.05) is 58.7 Å². The summed E-state index contributed by atoms with van der Waals surface area (Å²) in [5.74, 6) is 1.30. The van der Waals surface area contributed by atoms with Gasteiger partial charge in [0.25, 0.3) is 0 Å². The van der Waals surface area contributed by atoms with Crippen molar-refractivity contribution in [1.82, 2.24) is 0 Å². The number of rotatable bonds is 5. The molecule has 2 rings (SSSR count). The Hall–Kier alpha value is -1.19. The highest BCUT2D eigenvalue weighted by molar-refractivity contribution is 9.09. The fraction of sp³-hybridized carbons (Fsp3) is 0.294. The van der Waals surface area contributed by atoms with Gasteiger partial charge >= 0.3 is 0 Å². The van der Waals surface area contributed by atoms with Crippen molar-refractivity contribution >= 4 is 27.5 Å². The van der Waals surface area contributed by atoms with E-state index in [4.69, 9.17) is 21.1 Å². The van der Waals surface area contributed by atoms with Crippen LogP contribution in [0.5, 0.6) is 11.5 Å². The summed E-state index contributed by atoms with van der Waals surface area (Å²) in [5.41, 5.74) is 3.43. The van der Waals surface area contributed by atoms with Crippen LogP contribution in [0.2, 0.25) is 5.02 Å². The van der Waals surface area contributed by atoms with Gasteiger partial charge < -0.3 is 9.47 Å². The molecule has 0 aliphatic heterocycles. The summed E-state index contributed by atoms with van der Waals surface area (Å²) < 4.78 is 10.6. The lowest BCUT2D eigenvalue weighted by molar-refractivity contribution is 0.354. The lowest BCUT2D eigenvalue weighted by atomic mass is 10.0. The second-order valence-corrected chi connectivity index (χ2v) is 6.01. The lowest BCUT2D eigenvalue weighted by Crippen LogP contribution is -1.98. The van der Waals surface area contributed by atoms with Crippen LogP contribution in [0.15, 0.2) is 36.4 Å². The first-order valence-corrected chi connectivity index (χ1v) is 8.04. The van der Waals surface area contributed by atoms with Crippen molar-refractivity contribution in [3.05, 3.63) is 58.1 Å². The van der Waals surface area contributed by atoms with E-state index in [1.165, 1.54) is 5.56 Å². The molecule has 0 aliphatic rings. The minimum absolute atomic E-state index is 0.00992. The fourth-order valence-electron chi connectivity index (χ4n) is 2.17. The van der Waals surface area contributed by atoms with Crippen LogP contribution in [0.1, 0.15) is 28.4 Å². The highest BCUT2D eigenvalue weighted by atomic mass is 79.9. The van der Waals surface area contributed by atoms with Gasteiger partial charge in [-0.3, -0.25) is 0 Å². The average Bonchev–Trinajstić information content (AvgIpc) is 2.54. The van der Waals surface area contributed by atoms with Crippen LogP contribution in [0.4, 0.5) is 0 Å². The summed E-state index contributed by atoms with van der Waals surface area (Å²) >= 11 is 10.1. The maximum absolute atomic E-state index is 6.37. The van der Waals surface area contributed by atoms with Crippen LogP contribution >= 0.6 is 27.5 Å². The largest absolute Gasteiger partial charge is 0.493 e. The third kappa shape index (κ3) is 3.53. The summed E-state index contributed by atoms with van der Waals surface area (Å²) in [6.45, 7) is 2.14. The number of ether oxygens (including phenoxy) is 2. The smallest absolute Gasteiger partial charge is 0.162 e. The van der Waals surface area contributed by atoms with Crippen LogP contribution in [-0.4, -0.2) is 14.2 Å². The molecule has 1 unspecified atom stereocenters. The molecular formula is C17H18BrClO2. The van der Waals surface area contributed by atoms with Crippen LogP contribution in [0.25, 0.3) is 0 Å². The third-order valence-corrected chi connectivity index (χ3v) is 4.81. The molecular weight excluding hydrogens is 352 g/mol. The summed E-state index contributed by atoms with van der Waals surface area (Å²) in [7, 11) is 3.22. The van der Waals surface area contributed by atoms with Crippen molar-refractivity contribution in [3.8, 4) is 11.5 Å². The van der Waals surface area contributed by atoms with Gasteiger partial charge in [0, 0.05) is 11.1 Å². The Morgan fingerprint density at radius 3 is 2.14 bits per heavy atom. The molecule has 2 aromatic carbocycles. The zero-order chi connectivity index (χ0) is 15.4. The fourth-order valence-corrected chi connectivity index (χ4v) is 3.24. The molecule has 0 aromatic heterocycles. The molecule has 21 heavy (non-hydrogen) atoms. The number of methoxy groups -OCH3 is 2. The van der Waals surface area contributed by atoms with E-state index in [1.54, 1.807) is 20.3 Å². The number of alkyl halides is 1. The number of halogens is 2. The van der Waals surface area contributed by atoms with Crippen LogP contribution in [0, 0.1) is 0 Å². The molecule has 2 aromatic rings. The Bertz CT molecular complexity index is 611. The Morgan fingerprint density at radius 1 is 1.05 bits per heavy atom. The molecule has 0 amide bonds. The second-order valence-electron chi connectivity index (χ2n) is 4.69. The molecule has 0 N–H and O–H groups in total. The van der Waals surface area contributed by atoms with Crippen molar-refractivity contribution in [2.45, 2.75) is 18.2 Å². The molecule has 0 saturated carbocycles. The standard InChI is InChI=1S/C17H18BrClO2/c1-4-11-5-7-12(8-6-11)17(18)13-9-15(20-2)16(21-3)10-14(13)19/h5-10,17H,4H2,1-3H3. The molecule has 2 nitrogen and oxygen atoms in total. The van der Waals surface area contributed by atoms with Crippen LogP contribution in [-0.2, 0) is 6.42 Å². The van der Waals surface area contributed by atoms with Gasteiger partial charge in [0.15, 0.2) is 11.5 Å². The molecule has 0 saturated heterocycles. The predicted molar refractivity (Wildman–Crippen MR) is 91.1 cm³/mol. The minimum Gasteiger partial charge on any atom is -0.493 e. The molecule has 1 atom stereocenters. The normalized spacial score (nSPS) is 12.0.